The van der Waals surface area contributed by atoms with E-state index in [4.69, 9.17) is 14.9 Å². The summed E-state index contributed by atoms with van der Waals surface area (Å²) < 4.78 is 7.51. The van der Waals surface area contributed by atoms with Crippen LogP contribution in [0, 0.1) is 22.7 Å². The second-order valence-corrected chi connectivity index (χ2v) is 3.78. The molecule has 0 unspecified atom stereocenters. The molecule has 0 amide bonds. The van der Waals surface area contributed by atoms with Gasteiger partial charge in [0.25, 0.3) is 0 Å². The molecular weight excluding hydrogens is 272 g/mol. The van der Waals surface area contributed by atoms with Gasteiger partial charge in [-0.3, -0.25) is 0 Å². The van der Waals surface area contributed by atoms with Gasteiger partial charge in [0.1, 0.15) is 17.9 Å². The zero-order valence-corrected chi connectivity index (χ0v) is 9.60. The summed E-state index contributed by atoms with van der Waals surface area (Å²) in [5.74, 6) is 0.685. The summed E-state index contributed by atoms with van der Waals surface area (Å²) >= 11 is 3.19. The molecule has 0 aliphatic rings. The molecular formula is C10H5BrN4O. The Morgan fingerprint density at radius 2 is 2.19 bits per heavy atom. The predicted molar refractivity (Wildman–Crippen MR) is 57.2 cm³/mol. The molecule has 0 radical (unpaired) electrons. The number of nitrogens with zero attached hydrogens (tertiary/aromatic N) is 4. The fourth-order valence-electron chi connectivity index (χ4n) is 1.31. The van der Waals surface area contributed by atoms with E-state index in [0.717, 1.165) is 0 Å². The lowest BCUT2D eigenvalue weighted by molar-refractivity contribution is 0.473. The Bertz CT molecular complexity index is 599. The van der Waals surface area contributed by atoms with Crippen LogP contribution < -0.4 is 0 Å². The molecule has 78 valence electrons. The standard InChI is InChI=1S/C10H5BrN4O/c11-10-2-1-7(16-10)5-15-6-14-8(3-12)9(15)4-13/h1-2,6H,5H2. The van der Waals surface area contributed by atoms with Crippen LogP contribution in [-0.2, 0) is 6.54 Å². The Kier molecular flexibility index (Phi) is 2.76. The number of halogens is 1. The highest BCUT2D eigenvalue weighted by molar-refractivity contribution is 9.10. The van der Waals surface area contributed by atoms with E-state index in [2.05, 4.69) is 20.9 Å². The van der Waals surface area contributed by atoms with Crippen LogP contribution in [0.1, 0.15) is 17.1 Å². The Labute approximate surface area is 99.7 Å². The summed E-state index contributed by atoms with van der Waals surface area (Å²) in [5.41, 5.74) is 0.378. The number of nitriles is 2. The summed E-state index contributed by atoms with van der Waals surface area (Å²) in [5, 5.41) is 17.6. The Balaban J connectivity index is 2.33. The number of imidazole rings is 1. The van der Waals surface area contributed by atoms with Gasteiger partial charge in [-0.1, -0.05) is 0 Å². The van der Waals surface area contributed by atoms with Crippen molar-refractivity contribution < 1.29 is 4.42 Å². The number of rotatable bonds is 2. The summed E-state index contributed by atoms with van der Waals surface area (Å²) in [6, 6.07) is 7.37. The van der Waals surface area contributed by atoms with Crippen LogP contribution in [0.3, 0.4) is 0 Å². The van der Waals surface area contributed by atoms with Crippen LogP contribution in [0.15, 0.2) is 27.5 Å². The molecule has 0 aliphatic heterocycles. The fraction of sp³-hybridized carbons (Fsp3) is 0.100. The van der Waals surface area contributed by atoms with Crippen molar-refractivity contribution in [3.63, 3.8) is 0 Å². The summed E-state index contributed by atoms with van der Waals surface area (Å²) in [6.45, 7) is 0.378. The molecule has 0 spiro atoms. The highest BCUT2D eigenvalue weighted by Crippen LogP contribution is 2.16. The quantitative estimate of drug-likeness (QED) is 0.841. The molecule has 2 aromatic rings. The smallest absolute Gasteiger partial charge is 0.176 e. The number of hydrogen-bond acceptors (Lipinski definition) is 4. The number of aromatic nitrogens is 2. The molecule has 6 heteroatoms. The second kappa shape index (κ2) is 4.21. The van der Waals surface area contributed by atoms with E-state index < -0.39 is 0 Å². The van der Waals surface area contributed by atoms with E-state index in [1.54, 1.807) is 16.7 Å². The SMILES string of the molecule is N#Cc1ncn(Cc2ccc(Br)o2)c1C#N. The van der Waals surface area contributed by atoms with Crippen molar-refractivity contribution >= 4 is 15.9 Å². The molecule has 2 heterocycles. The average molecular weight is 277 g/mol. The molecule has 16 heavy (non-hydrogen) atoms. The first-order valence-electron chi connectivity index (χ1n) is 4.34. The van der Waals surface area contributed by atoms with E-state index in [-0.39, 0.29) is 11.4 Å². The van der Waals surface area contributed by atoms with Crippen LogP contribution in [0.4, 0.5) is 0 Å². The average Bonchev–Trinajstić information content (AvgIpc) is 2.85. The van der Waals surface area contributed by atoms with Gasteiger partial charge in [0.05, 0.1) is 12.9 Å². The van der Waals surface area contributed by atoms with Crippen molar-refractivity contribution in [3.8, 4) is 12.1 Å². The van der Waals surface area contributed by atoms with Crippen molar-refractivity contribution in [1.29, 1.82) is 10.5 Å². The van der Waals surface area contributed by atoms with Crippen LogP contribution in [0.5, 0.6) is 0 Å². The zero-order chi connectivity index (χ0) is 11.5. The van der Waals surface area contributed by atoms with Crippen molar-refractivity contribution in [2.24, 2.45) is 0 Å². The molecule has 2 rings (SSSR count). The maximum Gasteiger partial charge on any atom is 0.176 e. The lowest BCUT2D eigenvalue weighted by atomic mass is 10.3. The normalized spacial score (nSPS) is 9.69. The maximum absolute atomic E-state index is 8.90. The van der Waals surface area contributed by atoms with E-state index in [1.165, 1.54) is 6.33 Å². The maximum atomic E-state index is 8.90. The van der Waals surface area contributed by atoms with Crippen molar-refractivity contribution in [2.75, 3.05) is 0 Å². The van der Waals surface area contributed by atoms with Crippen LogP contribution >= 0.6 is 15.9 Å². The number of hydrogen-bond donors (Lipinski definition) is 0. The van der Waals surface area contributed by atoms with E-state index in [1.807, 2.05) is 12.1 Å². The topological polar surface area (TPSA) is 78.5 Å². The molecule has 5 nitrogen and oxygen atoms in total. The van der Waals surface area contributed by atoms with Crippen molar-refractivity contribution in [3.05, 3.63) is 40.3 Å². The summed E-state index contributed by atoms with van der Waals surface area (Å²) in [4.78, 5) is 3.83. The van der Waals surface area contributed by atoms with Gasteiger partial charge in [-0.25, -0.2) is 4.98 Å². The van der Waals surface area contributed by atoms with Gasteiger partial charge in [0.15, 0.2) is 16.1 Å². The Morgan fingerprint density at radius 1 is 1.38 bits per heavy atom. The monoisotopic (exact) mass is 276 g/mol. The lowest BCUT2D eigenvalue weighted by Crippen LogP contribution is -2.00. The van der Waals surface area contributed by atoms with Crippen LogP contribution in [0.25, 0.3) is 0 Å². The van der Waals surface area contributed by atoms with Gasteiger partial charge in [-0.05, 0) is 28.1 Å². The summed E-state index contributed by atoms with van der Waals surface area (Å²) in [7, 11) is 0. The zero-order valence-electron chi connectivity index (χ0n) is 8.01. The van der Waals surface area contributed by atoms with E-state index in [9.17, 15) is 0 Å². The predicted octanol–water partition coefficient (Wildman–Crippen LogP) is 2.03. The van der Waals surface area contributed by atoms with Gasteiger partial charge in [-0.15, -0.1) is 0 Å². The minimum Gasteiger partial charge on any atom is -0.452 e. The molecule has 0 aromatic carbocycles. The first-order chi connectivity index (χ1) is 7.74. The third-order valence-corrected chi connectivity index (χ3v) is 2.43. The van der Waals surface area contributed by atoms with Crippen LogP contribution in [0.2, 0.25) is 0 Å². The highest BCUT2D eigenvalue weighted by atomic mass is 79.9. The van der Waals surface area contributed by atoms with E-state index >= 15 is 0 Å². The molecule has 0 bridgehead atoms. The molecule has 0 saturated carbocycles. The molecule has 0 fully saturated rings. The molecule has 0 N–H and O–H groups in total. The fourth-order valence-corrected chi connectivity index (χ4v) is 1.65. The van der Waals surface area contributed by atoms with Crippen LogP contribution in [-0.4, -0.2) is 9.55 Å². The first-order valence-corrected chi connectivity index (χ1v) is 5.13. The summed E-state index contributed by atoms with van der Waals surface area (Å²) in [6.07, 6.45) is 1.45. The first kappa shape index (κ1) is 10.5. The molecule has 0 aliphatic carbocycles. The van der Waals surface area contributed by atoms with Crippen molar-refractivity contribution in [2.45, 2.75) is 6.54 Å². The Morgan fingerprint density at radius 3 is 2.75 bits per heavy atom. The van der Waals surface area contributed by atoms with E-state index in [0.29, 0.717) is 17.0 Å². The molecule has 0 saturated heterocycles. The van der Waals surface area contributed by atoms with Gasteiger partial charge >= 0.3 is 0 Å². The lowest BCUT2D eigenvalue weighted by Gasteiger charge is -1.99. The minimum absolute atomic E-state index is 0.133. The van der Waals surface area contributed by atoms with Gasteiger partial charge in [0.2, 0.25) is 0 Å². The number of furan rings is 1. The Hall–Kier alpha value is -2.05. The second-order valence-electron chi connectivity index (χ2n) is 3.00. The van der Waals surface area contributed by atoms with Gasteiger partial charge < -0.3 is 8.98 Å². The van der Waals surface area contributed by atoms with Crippen molar-refractivity contribution in [1.82, 2.24) is 9.55 Å². The third kappa shape index (κ3) is 1.83. The minimum atomic E-state index is 0.133. The molecule has 2 aromatic heterocycles. The van der Waals surface area contributed by atoms with Gasteiger partial charge in [-0.2, -0.15) is 10.5 Å². The van der Waals surface area contributed by atoms with Gasteiger partial charge in [0, 0.05) is 0 Å². The molecule has 0 atom stereocenters. The largest absolute Gasteiger partial charge is 0.452 e. The third-order valence-electron chi connectivity index (χ3n) is 2.00. The highest BCUT2D eigenvalue weighted by Gasteiger charge is 2.11.